The van der Waals surface area contributed by atoms with Crippen molar-refractivity contribution in [3.63, 3.8) is 0 Å². The highest BCUT2D eigenvalue weighted by Gasteiger charge is 2.25. The summed E-state index contributed by atoms with van der Waals surface area (Å²) >= 11 is 6.14. The number of ether oxygens (including phenoxy) is 4. The van der Waals surface area contributed by atoms with Crippen LogP contribution in [0.15, 0.2) is 53.2 Å². The molecule has 3 rings (SSSR count). The standard InChI is InChI=1S/C21H18ClNO6/c1-3-27-18-11-13(8-9-17(18)28-12-19(24)26-2)10-16-21(25)29-20(23-16)14-6-4-5-7-15(14)22/h4-11H,3,12H2,1-2H3/b16-10-. The van der Waals surface area contributed by atoms with Crippen LogP contribution in [-0.2, 0) is 19.1 Å². The quantitative estimate of drug-likeness (QED) is 0.507. The second kappa shape index (κ2) is 9.25. The maximum Gasteiger partial charge on any atom is 0.363 e. The molecule has 29 heavy (non-hydrogen) atoms. The zero-order valence-corrected chi connectivity index (χ0v) is 16.6. The lowest BCUT2D eigenvalue weighted by atomic mass is 10.1. The Kier molecular flexibility index (Phi) is 6.51. The zero-order chi connectivity index (χ0) is 20.8. The Hall–Kier alpha value is -3.32. The highest BCUT2D eigenvalue weighted by molar-refractivity contribution is 6.34. The minimum absolute atomic E-state index is 0.130. The minimum Gasteiger partial charge on any atom is -0.490 e. The van der Waals surface area contributed by atoms with Crippen molar-refractivity contribution in [1.29, 1.82) is 0 Å². The summed E-state index contributed by atoms with van der Waals surface area (Å²) < 4.78 is 20.8. The summed E-state index contributed by atoms with van der Waals surface area (Å²) in [6.45, 7) is 1.98. The average Bonchev–Trinajstić information content (AvgIpc) is 3.07. The van der Waals surface area contributed by atoms with E-state index in [-0.39, 0.29) is 18.2 Å². The molecule has 1 aliphatic heterocycles. The third-order valence-corrected chi connectivity index (χ3v) is 4.20. The Bertz CT molecular complexity index is 998. The lowest BCUT2D eigenvalue weighted by Crippen LogP contribution is -2.13. The third-order valence-electron chi connectivity index (χ3n) is 3.87. The van der Waals surface area contributed by atoms with Crippen LogP contribution in [0.2, 0.25) is 5.02 Å². The number of benzene rings is 2. The number of nitrogens with zero attached hydrogens (tertiary/aromatic N) is 1. The van der Waals surface area contributed by atoms with Gasteiger partial charge in [-0.2, -0.15) is 0 Å². The topological polar surface area (TPSA) is 83.4 Å². The van der Waals surface area contributed by atoms with Crippen molar-refractivity contribution in [2.24, 2.45) is 4.99 Å². The van der Waals surface area contributed by atoms with E-state index in [1.54, 1.807) is 48.5 Å². The zero-order valence-electron chi connectivity index (χ0n) is 15.8. The predicted molar refractivity (Wildman–Crippen MR) is 107 cm³/mol. The number of cyclic esters (lactones) is 1. The highest BCUT2D eigenvalue weighted by atomic mass is 35.5. The lowest BCUT2D eigenvalue weighted by Gasteiger charge is -2.11. The van der Waals surface area contributed by atoms with Crippen molar-refractivity contribution in [2.45, 2.75) is 6.92 Å². The number of halogens is 1. The lowest BCUT2D eigenvalue weighted by molar-refractivity contribution is -0.143. The number of carbonyl (C=O) groups is 2. The summed E-state index contributed by atoms with van der Waals surface area (Å²) in [7, 11) is 1.28. The summed E-state index contributed by atoms with van der Waals surface area (Å²) in [4.78, 5) is 27.7. The fourth-order valence-electron chi connectivity index (χ4n) is 2.51. The van der Waals surface area contributed by atoms with Crippen LogP contribution in [0.5, 0.6) is 11.5 Å². The van der Waals surface area contributed by atoms with Gasteiger partial charge in [0.05, 0.1) is 24.3 Å². The van der Waals surface area contributed by atoms with E-state index >= 15 is 0 Å². The van der Waals surface area contributed by atoms with Crippen molar-refractivity contribution in [1.82, 2.24) is 0 Å². The number of hydrogen-bond donors (Lipinski definition) is 0. The third kappa shape index (κ3) is 4.94. The van der Waals surface area contributed by atoms with Crippen LogP contribution in [0.25, 0.3) is 6.08 Å². The molecule has 2 aromatic carbocycles. The second-order valence-corrected chi connectivity index (χ2v) is 6.23. The van der Waals surface area contributed by atoms with Crippen LogP contribution in [-0.4, -0.2) is 38.2 Å². The van der Waals surface area contributed by atoms with Crippen LogP contribution in [0.4, 0.5) is 0 Å². The molecule has 0 bridgehead atoms. The summed E-state index contributed by atoms with van der Waals surface area (Å²) in [5.74, 6) is -0.131. The number of rotatable bonds is 7. The van der Waals surface area contributed by atoms with Gasteiger partial charge in [0, 0.05) is 0 Å². The van der Waals surface area contributed by atoms with Gasteiger partial charge in [0.2, 0.25) is 5.90 Å². The maximum atomic E-state index is 12.2. The summed E-state index contributed by atoms with van der Waals surface area (Å²) in [6, 6.07) is 12.0. The van der Waals surface area contributed by atoms with Crippen molar-refractivity contribution in [2.75, 3.05) is 20.3 Å². The molecule has 0 spiro atoms. The molecule has 0 saturated carbocycles. The van der Waals surface area contributed by atoms with Crippen LogP contribution >= 0.6 is 11.6 Å². The number of carbonyl (C=O) groups excluding carboxylic acids is 2. The molecule has 0 aromatic heterocycles. The molecule has 150 valence electrons. The van der Waals surface area contributed by atoms with Crippen molar-refractivity contribution in [3.8, 4) is 11.5 Å². The monoisotopic (exact) mass is 415 g/mol. The SMILES string of the molecule is CCOc1cc(/C=C2\N=C(c3ccccc3Cl)OC2=O)ccc1OCC(=O)OC. The van der Waals surface area contributed by atoms with E-state index in [0.29, 0.717) is 34.3 Å². The fourth-order valence-corrected chi connectivity index (χ4v) is 2.73. The Morgan fingerprint density at radius 2 is 1.97 bits per heavy atom. The molecule has 0 aliphatic carbocycles. The van der Waals surface area contributed by atoms with Gasteiger partial charge in [0.25, 0.3) is 0 Å². The van der Waals surface area contributed by atoms with Gasteiger partial charge in [-0.05, 0) is 42.8 Å². The minimum atomic E-state index is -0.580. The predicted octanol–water partition coefficient (Wildman–Crippen LogP) is 3.64. The van der Waals surface area contributed by atoms with Gasteiger partial charge >= 0.3 is 11.9 Å². The van der Waals surface area contributed by atoms with Crippen molar-refractivity contribution >= 4 is 35.5 Å². The molecule has 2 aromatic rings. The molecule has 0 unspecified atom stereocenters. The molecule has 0 radical (unpaired) electrons. The summed E-state index contributed by atoms with van der Waals surface area (Å²) in [5, 5.41) is 0.436. The number of esters is 2. The van der Waals surface area contributed by atoms with Crippen LogP contribution < -0.4 is 9.47 Å². The molecule has 0 amide bonds. The first-order valence-corrected chi connectivity index (χ1v) is 9.13. The number of hydrogen-bond acceptors (Lipinski definition) is 7. The molecule has 8 heteroatoms. The summed E-state index contributed by atoms with van der Waals surface area (Å²) in [6.07, 6.45) is 1.57. The Labute approximate surface area is 172 Å². The van der Waals surface area contributed by atoms with E-state index in [0.717, 1.165) is 0 Å². The van der Waals surface area contributed by atoms with Gasteiger partial charge in [0.1, 0.15) is 0 Å². The average molecular weight is 416 g/mol. The Balaban J connectivity index is 1.87. The van der Waals surface area contributed by atoms with Gasteiger partial charge in [-0.1, -0.05) is 29.8 Å². The molecule has 1 heterocycles. The molecule has 0 atom stereocenters. The molecule has 0 fully saturated rings. The van der Waals surface area contributed by atoms with Gasteiger partial charge in [-0.3, -0.25) is 0 Å². The first kappa shape index (κ1) is 20.4. The number of aliphatic imine (C=N–C) groups is 1. The van der Waals surface area contributed by atoms with Gasteiger partial charge in [-0.25, -0.2) is 14.6 Å². The summed E-state index contributed by atoms with van der Waals surface area (Å²) in [5.41, 5.74) is 1.31. The van der Waals surface area contributed by atoms with Crippen molar-refractivity contribution < 1.29 is 28.5 Å². The largest absolute Gasteiger partial charge is 0.490 e. The second-order valence-electron chi connectivity index (χ2n) is 5.82. The van der Waals surface area contributed by atoms with Crippen molar-refractivity contribution in [3.05, 3.63) is 64.3 Å². The Morgan fingerprint density at radius 1 is 1.17 bits per heavy atom. The molecule has 0 N–H and O–H groups in total. The van der Waals surface area contributed by atoms with Crippen LogP contribution in [0.1, 0.15) is 18.1 Å². The number of methoxy groups -OCH3 is 1. The van der Waals surface area contributed by atoms with Gasteiger partial charge in [0.15, 0.2) is 23.8 Å². The van der Waals surface area contributed by atoms with Crippen LogP contribution in [0.3, 0.4) is 0 Å². The maximum absolute atomic E-state index is 12.2. The van der Waals surface area contributed by atoms with E-state index in [2.05, 4.69) is 9.73 Å². The van der Waals surface area contributed by atoms with Gasteiger partial charge in [-0.15, -0.1) is 0 Å². The van der Waals surface area contributed by atoms with E-state index in [1.165, 1.54) is 7.11 Å². The Morgan fingerprint density at radius 3 is 2.69 bits per heavy atom. The van der Waals surface area contributed by atoms with E-state index in [9.17, 15) is 9.59 Å². The van der Waals surface area contributed by atoms with E-state index in [4.69, 9.17) is 25.8 Å². The fraction of sp³-hybridized carbons (Fsp3) is 0.190. The van der Waals surface area contributed by atoms with E-state index < -0.39 is 11.9 Å². The highest BCUT2D eigenvalue weighted by Crippen LogP contribution is 2.30. The first-order chi connectivity index (χ1) is 14.0. The van der Waals surface area contributed by atoms with Crippen LogP contribution in [0, 0.1) is 0 Å². The molecule has 0 saturated heterocycles. The van der Waals surface area contributed by atoms with Gasteiger partial charge < -0.3 is 18.9 Å². The molecule has 1 aliphatic rings. The molecular weight excluding hydrogens is 398 g/mol. The normalized spacial score (nSPS) is 14.4. The smallest absolute Gasteiger partial charge is 0.363 e. The first-order valence-electron chi connectivity index (χ1n) is 8.75. The van der Waals surface area contributed by atoms with E-state index in [1.807, 2.05) is 6.92 Å². The molecular formula is C21H18ClNO6. The molecule has 7 nitrogen and oxygen atoms in total.